The Hall–Kier alpha value is -1.94. The highest BCUT2D eigenvalue weighted by Gasteiger charge is 2.24. The van der Waals surface area contributed by atoms with Crippen molar-refractivity contribution in [3.05, 3.63) is 22.2 Å². The molecule has 3 N–H and O–H groups in total. The minimum absolute atomic E-state index is 0.0789. The molecule has 0 radical (unpaired) electrons. The molecule has 0 aliphatic heterocycles. The Morgan fingerprint density at radius 1 is 1.38 bits per heavy atom. The van der Waals surface area contributed by atoms with Gasteiger partial charge in [-0.3, -0.25) is 10.1 Å². The molecule has 118 valence electrons. The van der Waals surface area contributed by atoms with Gasteiger partial charge in [0.1, 0.15) is 5.82 Å². The van der Waals surface area contributed by atoms with E-state index in [1.54, 1.807) is 20.9 Å². The number of nitrogens with one attached hydrogen (secondary N) is 3. The van der Waals surface area contributed by atoms with Gasteiger partial charge >= 0.3 is 5.69 Å². The van der Waals surface area contributed by atoms with Crippen molar-refractivity contribution >= 4 is 27.3 Å². The van der Waals surface area contributed by atoms with E-state index in [9.17, 15) is 18.5 Å². The van der Waals surface area contributed by atoms with Gasteiger partial charge in [0.15, 0.2) is 0 Å². The van der Waals surface area contributed by atoms with Crippen molar-refractivity contribution in [1.82, 2.24) is 9.71 Å². The van der Waals surface area contributed by atoms with Crippen molar-refractivity contribution in [3.63, 3.8) is 0 Å². The van der Waals surface area contributed by atoms with Gasteiger partial charge in [0.2, 0.25) is 15.8 Å². The summed E-state index contributed by atoms with van der Waals surface area (Å²) in [6.45, 7) is 3.46. The zero-order chi connectivity index (χ0) is 16.3. The normalized spacial score (nSPS) is 12.0. The highest BCUT2D eigenvalue weighted by Crippen LogP contribution is 2.24. The van der Waals surface area contributed by atoms with Crippen LogP contribution in [0.1, 0.15) is 13.8 Å². The van der Waals surface area contributed by atoms with Crippen LogP contribution < -0.4 is 15.4 Å². The molecule has 0 fully saturated rings. The Morgan fingerprint density at radius 3 is 2.48 bits per heavy atom. The molecule has 0 amide bonds. The van der Waals surface area contributed by atoms with Crippen molar-refractivity contribution in [1.29, 1.82) is 0 Å². The summed E-state index contributed by atoms with van der Waals surface area (Å²) in [6.07, 6.45) is 1.05. The number of aromatic nitrogens is 1. The molecule has 0 saturated carbocycles. The van der Waals surface area contributed by atoms with Crippen LogP contribution in [0.2, 0.25) is 0 Å². The highest BCUT2D eigenvalue weighted by atomic mass is 32.2. The molecule has 0 aliphatic rings. The average Bonchev–Trinajstić information content (AvgIpc) is 2.33. The number of anilines is 2. The van der Waals surface area contributed by atoms with Gasteiger partial charge in [-0.15, -0.1) is 0 Å². The Balaban J connectivity index is 2.94. The summed E-state index contributed by atoms with van der Waals surface area (Å²) in [5.41, 5.74) is -0.997. The molecule has 1 heterocycles. The lowest BCUT2D eigenvalue weighted by atomic mass is 10.1. The van der Waals surface area contributed by atoms with E-state index in [-0.39, 0.29) is 18.1 Å². The van der Waals surface area contributed by atoms with Crippen molar-refractivity contribution in [2.45, 2.75) is 19.4 Å². The first-order valence-electron chi connectivity index (χ1n) is 6.10. The van der Waals surface area contributed by atoms with Crippen molar-refractivity contribution in [2.75, 3.05) is 30.5 Å². The monoisotopic (exact) mass is 317 g/mol. The second kappa shape index (κ2) is 6.22. The fourth-order valence-corrected chi connectivity index (χ4v) is 2.79. The minimum Gasteiger partial charge on any atom is -0.373 e. The van der Waals surface area contributed by atoms with Crippen LogP contribution >= 0.6 is 0 Å². The summed E-state index contributed by atoms with van der Waals surface area (Å²) in [6, 6.07) is 2.82. The number of sulfonamides is 1. The van der Waals surface area contributed by atoms with E-state index in [2.05, 4.69) is 20.3 Å². The zero-order valence-electron chi connectivity index (χ0n) is 12.3. The predicted octanol–water partition coefficient (Wildman–Crippen LogP) is 0.771. The van der Waals surface area contributed by atoms with Gasteiger partial charge in [-0.25, -0.2) is 18.1 Å². The average molecular weight is 317 g/mol. The molecule has 0 atom stereocenters. The topological polar surface area (TPSA) is 126 Å². The van der Waals surface area contributed by atoms with E-state index in [1.807, 2.05) is 0 Å². The fraction of sp³-hybridized carbons (Fsp3) is 0.545. The Morgan fingerprint density at radius 2 is 2.00 bits per heavy atom. The molecule has 0 unspecified atom stereocenters. The summed E-state index contributed by atoms with van der Waals surface area (Å²) in [5, 5.41) is 16.6. The lowest BCUT2D eigenvalue weighted by molar-refractivity contribution is -0.384. The highest BCUT2D eigenvalue weighted by molar-refractivity contribution is 7.88. The van der Waals surface area contributed by atoms with Gasteiger partial charge in [0.25, 0.3) is 0 Å². The summed E-state index contributed by atoms with van der Waals surface area (Å²) in [4.78, 5) is 14.5. The minimum atomic E-state index is -3.38. The first-order chi connectivity index (χ1) is 9.54. The molecule has 0 bridgehead atoms. The van der Waals surface area contributed by atoms with Gasteiger partial charge in [-0.05, 0) is 19.9 Å². The van der Waals surface area contributed by atoms with Crippen LogP contribution in [0.25, 0.3) is 0 Å². The smallest absolute Gasteiger partial charge is 0.311 e. The lowest BCUT2D eigenvalue weighted by Gasteiger charge is -2.25. The summed E-state index contributed by atoms with van der Waals surface area (Å²) in [7, 11) is -1.74. The van der Waals surface area contributed by atoms with Crippen LogP contribution in [-0.2, 0) is 10.0 Å². The third-order valence-corrected chi connectivity index (χ3v) is 3.41. The van der Waals surface area contributed by atoms with Crippen LogP contribution in [0.15, 0.2) is 12.1 Å². The van der Waals surface area contributed by atoms with E-state index in [0.717, 1.165) is 6.26 Å². The largest absolute Gasteiger partial charge is 0.373 e. The van der Waals surface area contributed by atoms with Gasteiger partial charge in [-0.2, -0.15) is 0 Å². The molecule has 9 nitrogen and oxygen atoms in total. The predicted molar refractivity (Wildman–Crippen MR) is 81.0 cm³/mol. The first-order valence-corrected chi connectivity index (χ1v) is 7.99. The van der Waals surface area contributed by atoms with Crippen LogP contribution in [0, 0.1) is 10.1 Å². The van der Waals surface area contributed by atoms with Crippen LogP contribution in [0.5, 0.6) is 0 Å². The molecule has 0 aromatic carbocycles. The van der Waals surface area contributed by atoms with E-state index >= 15 is 0 Å². The van der Waals surface area contributed by atoms with Gasteiger partial charge in [0.05, 0.1) is 11.2 Å². The molecule has 0 spiro atoms. The molecular formula is C11H19N5O4S. The molecule has 1 rings (SSSR count). The molecule has 0 aliphatic carbocycles. The van der Waals surface area contributed by atoms with E-state index in [0.29, 0.717) is 5.82 Å². The molecule has 0 saturated heterocycles. The first kappa shape index (κ1) is 17.1. The van der Waals surface area contributed by atoms with Crippen molar-refractivity contribution in [2.24, 2.45) is 0 Å². The lowest BCUT2D eigenvalue weighted by Crippen LogP contribution is -2.47. The summed E-state index contributed by atoms with van der Waals surface area (Å²) in [5.74, 6) is 0.548. The maximum atomic E-state index is 11.3. The molecule has 1 aromatic rings. The Bertz CT molecular complexity index is 630. The summed E-state index contributed by atoms with van der Waals surface area (Å²) < 4.78 is 25.0. The maximum Gasteiger partial charge on any atom is 0.311 e. The molecular weight excluding hydrogens is 298 g/mol. The number of hydrogen-bond acceptors (Lipinski definition) is 7. The third-order valence-electron chi connectivity index (χ3n) is 2.49. The van der Waals surface area contributed by atoms with E-state index < -0.39 is 20.5 Å². The van der Waals surface area contributed by atoms with Crippen molar-refractivity contribution in [3.8, 4) is 0 Å². The Kier molecular flexibility index (Phi) is 5.07. The number of hydrogen-bond donors (Lipinski definition) is 3. The fourth-order valence-electron chi connectivity index (χ4n) is 1.71. The van der Waals surface area contributed by atoms with Crippen molar-refractivity contribution < 1.29 is 13.3 Å². The standard InChI is InChI=1S/C11H19N5O4S/c1-11(2,15-21(4,19)20)7-13-10-8(16(17)18)5-6-9(12-3)14-10/h5-6,15H,7H2,1-4H3,(H2,12,13,14). The molecule has 10 heteroatoms. The third kappa shape index (κ3) is 5.52. The SMILES string of the molecule is CNc1ccc([N+](=O)[O-])c(NCC(C)(C)NS(C)(=O)=O)n1. The molecule has 21 heavy (non-hydrogen) atoms. The summed E-state index contributed by atoms with van der Waals surface area (Å²) >= 11 is 0. The maximum absolute atomic E-state index is 11.3. The van der Waals surface area contributed by atoms with E-state index in [1.165, 1.54) is 12.1 Å². The second-order valence-electron chi connectivity index (χ2n) is 5.18. The van der Waals surface area contributed by atoms with Gasteiger partial charge < -0.3 is 10.6 Å². The number of nitro groups is 1. The van der Waals surface area contributed by atoms with E-state index in [4.69, 9.17) is 0 Å². The quantitative estimate of drug-likeness (QED) is 0.501. The zero-order valence-corrected chi connectivity index (χ0v) is 13.1. The molecule has 1 aromatic heterocycles. The van der Waals surface area contributed by atoms with Crippen LogP contribution in [0.4, 0.5) is 17.3 Å². The van der Waals surface area contributed by atoms with Gasteiger partial charge in [0, 0.05) is 25.2 Å². The number of pyridine rings is 1. The number of nitrogens with zero attached hydrogens (tertiary/aromatic N) is 2. The number of rotatable bonds is 7. The second-order valence-corrected chi connectivity index (χ2v) is 6.93. The van der Waals surface area contributed by atoms with Gasteiger partial charge in [-0.1, -0.05) is 0 Å². The van der Waals surface area contributed by atoms with Crippen LogP contribution in [0.3, 0.4) is 0 Å². The van der Waals surface area contributed by atoms with Crippen LogP contribution in [-0.4, -0.2) is 43.7 Å². The Labute approximate surface area is 123 Å².